The summed E-state index contributed by atoms with van der Waals surface area (Å²) in [4.78, 5) is 9.00. The molecule has 0 rings (SSSR count). The van der Waals surface area contributed by atoms with Crippen LogP contribution in [0.3, 0.4) is 0 Å². The largest absolute Gasteiger partial charge is 1.00 e. The van der Waals surface area contributed by atoms with Crippen LogP contribution in [-0.4, -0.2) is 128 Å². The number of rotatable bonds is 0. The SMILES string of the molecule is CC(=O)O.O.O.O.O.O.O.O.O.O.O.O.O.O.O.O.O=S(=O)(O)O.[AlH3].[H-].[H-].[Na+].[Na+]. The van der Waals surface area contributed by atoms with Gasteiger partial charge in [-0.1, -0.05) is 0 Å². The molecule has 0 spiro atoms. The van der Waals surface area contributed by atoms with Gasteiger partial charge in [0.25, 0.3) is 5.97 Å². The van der Waals surface area contributed by atoms with Gasteiger partial charge in [0, 0.05) is 6.92 Å². The summed E-state index contributed by atoms with van der Waals surface area (Å²) in [7, 11) is -4.67. The average molecular weight is 506 g/mol. The number of hydrogen-bond acceptors (Lipinski definition) is 3. The molecule has 0 heterocycles. The van der Waals surface area contributed by atoms with Gasteiger partial charge >= 0.3 is 69.5 Å². The Morgan fingerprint density at radius 3 is 0.593 bits per heavy atom. The van der Waals surface area contributed by atoms with Gasteiger partial charge in [-0.2, -0.15) is 8.42 Å². The van der Waals surface area contributed by atoms with E-state index in [-0.39, 0.29) is 161 Å². The van der Waals surface area contributed by atoms with Crippen LogP contribution in [0.5, 0.6) is 0 Å². The van der Waals surface area contributed by atoms with Crippen molar-refractivity contribution in [2.24, 2.45) is 0 Å². The van der Waals surface area contributed by atoms with E-state index in [0.29, 0.717) is 0 Å². The van der Waals surface area contributed by atoms with Gasteiger partial charge < -0.3 is 90.1 Å². The Bertz CT molecular complexity index is 185. The molecule has 0 aliphatic rings. The van der Waals surface area contributed by atoms with Crippen molar-refractivity contribution in [3.63, 3.8) is 0 Å². The summed E-state index contributed by atoms with van der Waals surface area (Å²) in [5.41, 5.74) is 0. The van der Waals surface area contributed by atoms with Crippen LogP contribution in [0, 0.1) is 0 Å². The molecule has 0 fully saturated rings. The van der Waals surface area contributed by atoms with Gasteiger partial charge in [0.05, 0.1) is 0 Å². The van der Waals surface area contributed by atoms with Crippen molar-refractivity contribution in [3.05, 3.63) is 0 Å². The maximum Gasteiger partial charge on any atom is 1.00 e. The molecule has 33 N–H and O–H groups in total. The molecule has 186 valence electrons. The molecule has 0 radical (unpaired) electrons. The van der Waals surface area contributed by atoms with E-state index in [1.807, 2.05) is 0 Å². The molecule has 0 aromatic carbocycles. The van der Waals surface area contributed by atoms with Crippen LogP contribution in [0.2, 0.25) is 0 Å². The van der Waals surface area contributed by atoms with Gasteiger partial charge in [-0.3, -0.25) is 13.9 Å². The Kier molecular flexibility index (Phi) is 2030. The van der Waals surface area contributed by atoms with E-state index in [4.69, 9.17) is 27.4 Å². The third-order valence-corrected chi connectivity index (χ3v) is 0. The van der Waals surface area contributed by atoms with Crippen molar-refractivity contribution in [2.45, 2.75) is 6.92 Å². The quantitative estimate of drug-likeness (QED) is 0.211. The fourth-order valence-electron chi connectivity index (χ4n) is 0. The summed E-state index contributed by atoms with van der Waals surface area (Å²) < 4.78 is 31.6. The van der Waals surface area contributed by atoms with Gasteiger partial charge in [-0.15, -0.1) is 0 Å². The summed E-state index contributed by atoms with van der Waals surface area (Å²) in [6, 6.07) is 0. The zero-order valence-electron chi connectivity index (χ0n) is 16.0. The second kappa shape index (κ2) is 178. The van der Waals surface area contributed by atoms with Gasteiger partial charge in [0.1, 0.15) is 0 Å². The first-order valence-corrected chi connectivity index (χ1v) is 3.02. The monoisotopic (exact) mass is 506 g/mol. The molecule has 0 bridgehead atoms. The van der Waals surface area contributed by atoms with E-state index in [1.54, 1.807) is 0 Å². The van der Waals surface area contributed by atoms with Crippen molar-refractivity contribution in [1.82, 2.24) is 0 Å². The third kappa shape index (κ3) is 10800. The molecule has 0 aromatic heterocycles. The van der Waals surface area contributed by atoms with Gasteiger partial charge in [0.2, 0.25) is 0 Å². The molecule has 0 atom stereocenters. The zero-order valence-corrected chi connectivity index (χ0v) is 18.8. The molecule has 27 heavy (non-hydrogen) atoms. The summed E-state index contributed by atoms with van der Waals surface area (Å²) in [6.07, 6.45) is 0. The third-order valence-electron chi connectivity index (χ3n) is 0. The Balaban J connectivity index is -0.00000000100. The zero-order chi connectivity index (χ0) is 8.08. The minimum absolute atomic E-state index is 0. The first-order chi connectivity index (χ1) is 3.73. The smallest absolute Gasteiger partial charge is 1.00 e. The van der Waals surface area contributed by atoms with Crippen molar-refractivity contribution in [3.8, 4) is 0 Å². The molecular weight excluding hydrogens is 465 g/mol. The molecular formula is C2H41AlNa2O21S. The van der Waals surface area contributed by atoms with E-state index in [2.05, 4.69) is 0 Å². The fraction of sp³-hybridized carbons (Fsp3) is 0.500. The van der Waals surface area contributed by atoms with Crippen LogP contribution < -0.4 is 59.1 Å². The number of carbonyl (C=O) groups is 1. The van der Waals surface area contributed by atoms with Crippen LogP contribution >= 0.6 is 0 Å². The number of carboxylic acids is 1. The standard InChI is InChI=1S/C2H4O2.Al.2Na.H2O4S.15H2O.5H/c1-2(3)4;;;;1-5(2,3)4;;;;;;;;;;;;;;;;;;;;/h1H3,(H,3,4);;;;(H2,1,2,3,4);15*1H2;;;;;/q;;2*+1;;;;;;;;;;;;;;;;;;;;2*-1. The summed E-state index contributed by atoms with van der Waals surface area (Å²) >= 11 is 0. The van der Waals surface area contributed by atoms with Crippen LogP contribution in [0.1, 0.15) is 9.78 Å². The first kappa shape index (κ1) is 307. The molecule has 21 nitrogen and oxygen atoms in total. The minimum atomic E-state index is -4.67. The van der Waals surface area contributed by atoms with Crippen molar-refractivity contribution >= 4 is 33.7 Å². The number of aliphatic carboxylic acids is 1. The number of carboxylic acid groups (broad SMARTS) is 1. The van der Waals surface area contributed by atoms with Crippen LogP contribution in [0.15, 0.2) is 0 Å². The summed E-state index contributed by atoms with van der Waals surface area (Å²) in [5, 5.41) is 7.42. The van der Waals surface area contributed by atoms with Gasteiger partial charge in [0.15, 0.2) is 17.4 Å². The Morgan fingerprint density at radius 1 is 0.593 bits per heavy atom. The predicted molar refractivity (Wildman–Crippen MR) is 93.9 cm³/mol. The molecule has 0 saturated carbocycles. The first-order valence-electron chi connectivity index (χ1n) is 1.63. The second-order valence-electron chi connectivity index (χ2n) is 0.967. The van der Waals surface area contributed by atoms with E-state index < -0.39 is 16.4 Å². The molecule has 0 aromatic rings. The topological polar surface area (TPSA) is 584 Å². The average Bonchev–Trinajstić information content (AvgIpc) is 1.19. The van der Waals surface area contributed by atoms with E-state index >= 15 is 0 Å². The fourth-order valence-corrected chi connectivity index (χ4v) is 0. The van der Waals surface area contributed by atoms with Crippen LogP contribution in [-0.2, 0) is 15.2 Å². The maximum absolute atomic E-state index is 9.00. The molecule has 0 aliphatic heterocycles. The van der Waals surface area contributed by atoms with Gasteiger partial charge in [-0.25, -0.2) is 0 Å². The summed E-state index contributed by atoms with van der Waals surface area (Å²) in [5.74, 6) is -0.833. The maximum atomic E-state index is 9.00. The van der Waals surface area contributed by atoms with Crippen LogP contribution in [0.4, 0.5) is 0 Å². The Morgan fingerprint density at radius 2 is 0.593 bits per heavy atom. The van der Waals surface area contributed by atoms with Crippen molar-refractivity contribution in [2.75, 3.05) is 0 Å². The molecule has 0 unspecified atom stereocenters. The van der Waals surface area contributed by atoms with Crippen LogP contribution in [0.25, 0.3) is 0 Å². The van der Waals surface area contributed by atoms with E-state index in [0.717, 1.165) is 6.92 Å². The Labute approximate surface area is 211 Å². The normalized spacial score (nSPS) is 3.07. The predicted octanol–water partition coefficient (Wildman–Crippen LogP) is -19.9. The minimum Gasteiger partial charge on any atom is -1.00 e. The Hall–Kier alpha value is 1.27. The second-order valence-corrected chi connectivity index (χ2v) is 1.86. The van der Waals surface area contributed by atoms with Crippen molar-refractivity contribution < 1.29 is 172 Å². The van der Waals surface area contributed by atoms with Crippen molar-refractivity contribution in [1.29, 1.82) is 0 Å². The van der Waals surface area contributed by atoms with E-state index in [1.165, 1.54) is 0 Å². The van der Waals surface area contributed by atoms with E-state index in [9.17, 15) is 0 Å². The summed E-state index contributed by atoms with van der Waals surface area (Å²) in [6.45, 7) is 1.08. The molecule has 0 amide bonds. The molecule has 25 heteroatoms. The number of hydrogen-bond donors (Lipinski definition) is 3. The molecule has 0 saturated heterocycles. The molecule has 0 aliphatic carbocycles. The van der Waals surface area contributed by atoms with Gasteiger partial charge in [-0.05, 0) is 0 Å².